The first kappa shape index (κ1) is 14.4. The van der Waals surface area contributed by atoms with E-state index < -0.39 is 16.4 Å². The van der Waals surface area contributed by atoms with Gasteiger partial charge in [-0.25, -0.2) is 0 Å². The van der Waals surface area contributed by atoms with Crippen molar-refractivity contribution in [3.8, 4) is 0 Å². The Morgan fingerprint density at radius 2 is 1.57 bits per heavy atom. The molecule has 86 valence electrons. The molecule has 0 heterocycles. The summed E-state index contributed by atoms with van der Waals surface area (Å²) in [7, 11) is -2.33. The Bertz CT molecular complexity index is 155. The lowest BCUT2D eigenvalue weighted by Crippen LogP contribution is -2.40. The molecule has 0 atom stereocenters. The summed E-state index contributed by atoms with van der Waals surface area (Å²) in [6.45, 7) is 14.1. The van der Waals surface area contributed by atoms with Gasteiger partial charge in [-0.1, -0.05) is 45.8 Å². The first-order valence-corrected chi connectivity index (χ1v) is 12.5. The second-order valence-electron chi connectivity index (χ2n) is 5.67. The van der Waals surface area contributed by atoms with Crippen LogP contribution >= 0.6 is 0 Å². The molecule has 3 heteroatoms. The highest BCUT2D eigenvalue weighted by Gasteiger charge is 2.26. The quantitative estimate of drug-likeness (QED) is 0.596. The fourth-order valence-electron chi connectivity index (χ4n) is 1.22. The van der Waals surface area contributed by atoms with Gasteiger partial charge in [0.1, 0.15) is 0 Å². The lowest BCUT2D eigenvalue weighted by molar-refractivity contribution is 0.366. The van der Waals surface area contributed by atoms with Crippen molar-refractivity contribution in [1.82, 2.24) is 0 Å². The molecular weight excluding hydrogens is 204 g/mol. The summed E-state index contributed by atoms with van der Waals surface area (Å²) < 4.78 is 6.14. The van der Waals surface area contributed by atoms with E-state index in [1.807, 2.05) is 0 Å². The van der Waals surface area contributed by atoms with E-state index in [0.717, 1.165) is 6.23 Å². The topological polar surface area (TPSA) is 9.23 Å². The fraction of sp³-hybridized carbons (Fsp3) is 1.00. The van der Waals surface area contributed by atoms with Crippen LogP contribution in [0.1, 0.15) is 26.7 Å². The van der Waals surface area contributed by atoms with Gasteiger partial charge in [-0.2, -0.15) is 0 Å². The zero-order valence-corrected chi connectivity index (χ0v) is 12.9. The van der Waals surface area contributed by atoms with Crippen LogP contribution in [0.3, 0.4) is 0 Å². The molecule has 0 amide bonds. The molecule has 14 heavy (non-hydrogen) atoms. The maximum Gasteiger partial charge on any atom is 0.185 e. The van der Waals surface area contributed by atoms with Crippen LogP contribution < -0.4 is 0 Å². The molecule has 0 saturated heterocycles. The van der Waals surface area contributed by atoms with E-state index in [0.29, 0.717) is 0 Å². The predicted octanol–water partition coefficient (Wildman–Crippen LogP) is 4.28. The van der Waals surface area contributed by atoms with Crippen molar-refractivity contribution in [2.24, 2.45) is 0 Å². The number of unbranched alkanes of at least 4 members (excludes halogenated alkanes) is 1. The maximum atomic E-state index is 6.14. The van der Waals surface area contributed by atoms with Gasteiger partial charge < -0.3 is 4.43 Å². The molecule has 0 aliphatic rings. The Morgan fingerprint density at radius 1 is 1.00 bits per heavy atom. The predicted molar refractivity (Wildman–Crippen MR) is 71.1 cm³/mol. The Balaban J connectivity index is 3.85. The molecule has 0 saturated carbocycles. The molecule has 0 bridgehead atoms. The minimum atomic E-state index is -1.29. The largest absolute Gasteiger partial charge is 0.421 e. The standard InChI is InChI=1S/C11H28OSi2/c1-7-9-10-13(3,4)11-12-14(5,6)8-2/h7-11H2,1-6H3. The van der Waals surface area contributed by atoms with Gasteiger partial charge in [0.15, 0.2) is 8.32 Å². The smallest absolute Gasteiger partial charge is 0.185 e. The normalized spacial score (nSPS) is 13.3. The van der Waals surface area contributed by atoms with Crippen molar-refractivity contribution < 1.29 is 4.43 Å². The van der Waals surface area contributed by atoms with Crippen LogP contribution in [0.25, 0.3) is 0 Å². The van der Waals surface area contributed by atoms with Crippen LogP contribution in [0.4, 0.5) is 0 Å². The fourth-order valence-corrected chi connectivity index (χ4v) is 6.01. The van der Waals surface area contributed by atoms with Gasteiger partial charge in [0, 0.05) is 6.23 Å². The average molecular weight is 233 g/mol. The first-order valence-electron chi connectivity index (χ1n) is 5.97. The van der Waals surface area contributed by atoms with Crippen LogP contribution in [-0.4, -0.2) is 22.6 Å². The average Bonchev–Trinajstić information content (AvgIpc) is 2.12. The molecule has 0 N–H and O–H groups in total. The molecule has 0 aromatic carbocycles. The van der Waals surface area contributed by atoms with Gasteiger partial charge in [-0.3, -0.25) is 0 Å². The summed E-state index contributed by atoms with van der Waals surface area (Å²) in [6.07, 6.45) is 3.79. The zero-order chi connectivity index (χ0) is 11.2. The Labute approximate surface area is 92.4 Å². The third-order valence-electron chi connectivity index (χ3n) is 2.91. The summed E-state index contributed by atoms with van der Waals surface area (Å²) in [5, 5.41) is 0. The first-order chi connectivity index (χ1) is 6.33. The highest BCUT2D eigenvalue weighted by atomic mass is 28.4. The second kappa shape index (κ2) is 6.08. The number of rotatable bonds is 7. The number of hydrogen-bond acceptors (Lipinski definition) is 1. The molecule has 0 aromatic rings. The Morgan fingerprint density at radius 3 is 2.00 bits per heavy atom. The van der Waals surface area contributed by atoms with Crippen LogP contribution in [0.2, 0.25) is 38.3 Å². The van der Waals surface area contributed by atoms with Gasteiger partial charge in [-0.05, 0) is 19.1 Å². The van der Waals surface area contributed by atoms with Crippen LogP contribution in [0.15, 0.2) is 0 Å². The van der Waals surface area contributed by atoms with Crippen molar-refractivity contribution >= 4 is 16.4 Å². The summed E-state index contributed by atoms with van der Waals surface area (Å²) in [6, 6.07) is 2.67. The number of hydrogen-bond donors (Lipinski definition) is 0. The third kappa shape index (κ3) is 6.79. The van der Waals surface area contributed by atoms with E-state index in [-0.39, 0.29) is 0 Å². The molecule has 1 nitrogen and oxygen atoms in total. The van der Waals surface area contributed by atoms with E-state index >= 15 is 0 Å². The minimum Gasteiger partial charge on any atom is -0.421 e. The minimum absolute atomic E-state index is 1.04. The van der Waals surface area contributed by atoms with Crippen molar-refractivity contribution in [2.75, 3.05) is 6.23 Å². The van der Waals surface area contributed by atoms with Gasteiger partial charge >= 0.3 is 0 Å². The van der Waals surface area contributed by atoms with Gasteiger partial charge in [0.05, 0.1) is 8.07 Å². The van der Waals surface area contributed by atoms with E-state index in [9.17, 15) is 0 Å². The zero-order valence-electron chi connectivity index (χ0n) is 10.9. The second-order valence-corrected chi connectivity index (χ2v) is 15.3. The van der Waals surface area contributed by atoms with Crippen molar-refractivity contribution in [1.29, 1.82) is 0 Å². The van der Waals surface area contributed by atoms with Gasteiger partial charge in [0.2, 0.25) is 0 Å². The van der Waals surface area contributed by atoms with E-state index in [2.05, 4.69) is 40.0 Å². The Kier molecular flexibility index (Phi) is 6.25. The van der Waals surface area contributed by atoms with Crippen LogP contribution in [0, 0.1) is 0 Å². The molecule has 0 aromatic heterocycles. The maximum absolute atomic E-state index is 6.14. The van der Waals surface area contributed by atoms with E-state index in [4.69, 9.17) is 4.43 Å². The summed E-state index contributed by atoms with van der Waals surface area (Å²) in [4.78, 5) is 0. The van der Waals surface area contributed by atoms with E-state index in [1.165, 1.54) is 24.9 Å². The third-order valence-corrected chi connectivity index (χ3v) is 8.46. The van der Waals surface area contributed by atoms with Crippen LogP contribution in [0.5, 0.6) is 0 Å². The molecule has 0 spiro atoms. The SMILES string of the molecule is CCCC[Si](C)(C)CO[Si](C)(C)CC. The van der Waals surface area contributed by atoms with E-state index in [1.54, 1.807) is 0 Å². The van der Waals surface area contributed by atoms with Crippen molar-refractivity contribution in [3.05, 3.63) is 0 Å². The molecule has 0 aliphatic heterocycles. The van der Waals surface area contributed by atoms with Gasteiger partial charge in [-0.15, -0.1) is 0 Å². The molecule has 0 aliphatic carbocycles. The molecule has 0 unspecified atom stereocenters. The molecule has 0 fully saturated rings. The lowest BCUT2D eigenvalue weighted by Gasteiger charge is -2.28. The van der Waals surface area contributed by atoms with Crippen molar-refractivity contribution in [3.63, 3.8) is 0 Å². The molecule has 0 radical (unpaired) electrons. The monoisotopic (exact) mass is 232 g/mol. The molecule has 0 rings (SSSR count). The van der Waals surface area contributed by atoms with Crippen molar-refractivity contribution in [2.45, 2.75) is 65.0 Å². The van der Waals surface area contributed by atoms with Gasteiger partial charge in [0.25, 0.3) is 0 Å². The summed E-state index contributed by atoms with van der Waals surface area (Å²) in [5.41, 5.74) is 0. The van der Waals surface area contributed by atoms with Crippen LogP contribution in [-0.2, 0) is 4.43 Å². The highest BCUT2D eigenvalue weighted by molar-refractivity contribution is 6.79. The molecular formula is C11H28OSi2. The summed E-state index contributed by atoms with van der Waals surface area (Å²) in [5.74, 6) is 0. The lowest BCUT2D eigenvalue weighted by atomic mass is 10.4. The Hall–Kier alpha value is 0.394. The highest BCUT2D eigenvalue weighted by Crippen LogP contribution is 2.18. The summed E-state index contributed by atoms with van der Waals surface area (Å²) >= 11 is 0.